The van der Waals surface area contributed by atoms with E-state index in [9.17, 15) is 4.79 Å². The molecule has 1 saturated heterocycles. The molecule has 1 aliphatic heterocycles. The summed E-state index contributed by atoms with van der Waals surface area (Å²) < 4.78 is 5.53. The maximum absolute atomic E-state index is 12.0. The lowest BCUT2D eigenvalue weighted by Crippen LogP contribution is -2.45. The number of nitrogens with zero attached hydrogens (tertiary/aromatic N) is 1. The zero-order valence-corrected chi connectivity index (χ0v) is 10.7. The Balaban J connectivity index is 1.81. The topological polar surface area (TPSA) is 55.6 Å². The Morgan fingerprint density at radius 1 is 1.29 bits per heavy atom. The van der Waals surface area contributed by atoms with Gasteiger partial charge in [-0.1, -0.05) is 0 Å². The van der Waals surface area contributed by atoms with Crippen molar-refractivity contribution in [2.75, 3.05) is 13.1 Å². The van der Waals surface area contributed by atoms with Gasteiger partial charge < -0.3 is 15.4 Å². The van der Waals surface area contributed by atoms with Crippen LogP contribution in [0.5, 0.6) is 0 Å². The normalized spacial score (nSPS) is 28.1. The molecule has 2 aliphatic rings. The Bertz CT molecular complexity index is 262. The molecule has 0 aromatic heterocycles. The summed E-state index contributed by atoms with van der Waals surface area (Å²) in [4.78, 5) is 13.8. The van der Waals surface area contributed by atoms with E-state index in [2.05, 4.69) is 0 Å². The number of hydrogen-bond acceptors (Lipinski definition) is 3. The average Bonchev–Trinajstić information content (AvgIpc) is 2.82. The van der Waals surface area contributed by atoms with Crippen molar-refractivity contribution in [3.8, 4) is 0 Å². The number of carbonyl (C=O) groups excluding carboxylic acids is 1. The van der Waals surface area contributed by atoms with Crippen molar-refractivity contribution in [1.82, 2.24) is 4.90 Å². The van der Waals surface area contributed by atoms with E-state index < -0.39 is 0 Å². The smallest absolute Gasteiger partial charge is 0.410 e. The predicted molar refractivity (Wildman–Crippen MR) is 66.7 cm³/mol. The van der Waals surface area contributed by atoms with Crippen LogP contribution in [0, 0.1) is 5.92 Å². The molecule has 0 spiro atoms. The summed E-state index contributed by atoms with van der Waals surface area (Å²) in [7, 11) is 0. The summed E-state index contributed by atoms with van der Waals surface area (Å²) in [5.41, 5.74) is 5.91. The fraction of sp³-hybridized carbons (Fsp3) is 0.923. The van der Waals surface area contributed by atoms with Gasteiger partial charge in [0.15, 0.2) is 0 Å². The number of ether oxygens (including phenoxy) is 1. The van der Waals surface area contributed by atoms with Crippen LogP contribution in [0.4, 0.5) is 4.79 Å². The minimum Gasteiger partial charge on any atom is -0.446 e. The molecule has 2 atom stereocenters. The third-order valence-electron chi connectivity index (χ3n) is 4.03. The average molecular weight is 240 g/mol. The van der Waals surface area contributed by atoms with Crippen molar-refractivity contribution in [3.63, 3.8) is 0 Å². The van der Waals surface area contributed by atoms with E-state index in [1.165, 1.54) is 12.8 Å². The second-order valence-electron chi connectivity index (χ2n) is 5.50. The van der Waals surface area contributed by atoms with Gasteiger partial charge in [-0.05, 0) is 51.4 Å². The number of nitrogens with two attached hydrogens (primary N) is 1. The van der Waals surface area contributed by atoms with Crippen LogP contribution in [0.1, 0.15) is 45.4 Å². The van der Waals surface area contributed by atoms with Gasteiger partial charge in [0.25, 0.3) is 0 Å². The molecule has 0 aromatic rings. The van der Waals surface area contributed by atoms with Crippen molar-refractivity contribution in [2.24, 2.45) is 11.7 Å². The van der Waals surface area contributed by atoms with Gasteiger partial charge in [0.2, 0.25) is 0 Å². The first kappa shape index (κ1) is 12.7. The maximum atomic E-state index is 12.0. The highest BCUT2D eigenvalue weighted by Crippen LogP contribution is 2.24. The Kier molecular flexibility index (Phi) is 4.26. The van der Waals surface area contributed by atoms with E-state index >= 15 is 0 Å². The highest BCUT2D eigenvalue weighted by molar-refractivity contribution is 5.68. The molecule has 17 heavy (non-hydrogen) atoms. The molecule has 1 unspecified atom stereocenters. The number of piperidine rings is 1. The summed E-state index contributed by atoms with van der Waals surface area (Å²) >= 11 is 0. The number of rotatable bonds is 2. The van der Waals surface area contributed by atoms with E-state index in [-0.39, 0.29) is 18.2 Å². The molecular formula is C13H24N2O2. The zero-order valence-electron chi connectivity index (χ0n) is 10.7. The molecule has 0 bridgehead atoms. The lowest BCUT2D eigenvalue weighted by atomic mass is 9.92. The van der Waals surface area contributed by atoms with Gasteiger partial charge in [-0.15, -0.1) is 0 Å². The summed E-state index contributed by atoms with van der Waals surface area (Å²) in [6.45, 7) is 3.62. The molecule has 1 saturated carbocycles. The van der Waals surface area contributed by atoms with Crippen LogP contribution in [0.15, 0.2) is 0 Å². The minimum atomic E-state index is -0.123. The maximum Gasteiger partial charge on any atom is 0.410 e. The van der Waals surface area contributed by atoms with Gasteiger partial charge in [-0.2, -0.15) is 0 Å². The van der Waals surface area contributed by atoms with E-state index in [0.29, 0.717) is 5.92 Å². The molecule has 1 aliphatic carbocycles. The summed E-state index contributed by atoms with van der Waals surface area (Å²) in [5, 5.41) is 0. The monoisotopic (exact) mass is 240 g/mol. The molecule has 4 nitrogen and oxygen atoms in total. The summed E-state index contributed by atoms with van der Waals surface area (Å²) in [6.07, 6.45) is 6.69. The second-order valence-corrected chi connectivity index (χ2v) is 5.50. The molecule has 2 N–H and O–H groups in total. The Morgan fingerprint density at radius 2 is 2.00 bits per heavy atom. The van der Waals surface area contributed by atoms with Crippen molar-refractivity contribution in [2.45, 2.75) is 57.6 Å². The Morgan fingerprint density at radius 3 is 2.65 bits per heavy atom. The van der Waals surface area contributed by atoms with E-state index in [4.69, 9.17) is 10.5 Å². The predicted octanol–water partition coefficient (Wildman–Crippen LogP) is 2.12. The standard InChI is InChI=1S/C13H24N2O2/c1-10(14)11-5-4-8-15(9-11)13(16)17-12-6-2-3-7-12/h10-12H,2-9,14H2,1H3/t10?,11-/m0/s1. The number of carbonyl (C=O) groups is 1. The van der Waals surface area contributed by atoms with Crippen molar-refractivity contribution in [3.05, 3.63) is 0 Å². The van der Waals surface area contributed by atoms with Crippen LogP contribution in [-0.2, 0) is 4.74 Å². The summed E-state index contributed by atoms with van der Waals surface area (Å²) in [6, 6.07) is 0.164. The molecule has 0 radical (unpaired) electrons. The molecule has 98 valence electrons. The van der Waals surface area contributed by atoms with Crippen LogP contribution < -0.4 is 5.73 Å². The van der Waals surface area contributed by atoms with Gasteiger partial charge in [-0.25, -0.2) is 4.79 Å². The van der Waals surface area contributed by atoms with Gasteiger partial charge >= 0.3 is 6.09 Å². The molecule has 0 aromatic carbocycles. The van der Waals surface area contributed by atoms with Crippen LogP contribution in [-0.4, -0.2) is 36.2 Å². The quantitative estimate of drug-likeness (QED) is 0.804. The Hall–Kier alpha value is -0.770. The van der Waals surface area contributed by atoms with Crippen LogP contribution in [0.2, 0.25) is 0 Å². The molecular weight excluding hydrogens is 216 g/mol. The van der Waals surface area contributed by atoms with Gasteiger partial charge in [-0.3, -0.25) is 0 Å². The first-order valence-electron chi connectivity index (χ1n) is 6.88. The van der Waals surface area contributed by atoms with Crippen molar-refractivity contribution < 1.29 is 9.53 Å². The highest BCUT2D eigenvalue weighted by atomic mass is 16.6. The van der Waals surface area contributed by atoms with Gasteiger partial charge in [0.1, 0.15) is 6.10 Å². The SMILES string of the molecule is CC(N)[C@H]1CCCN(C(=O)OC2CCCC2)C1. The number of hydrogen-bond donors (Lipinski definition) is 1. The number of amides is 1. The lowest BCUT2D eigenvalue weighted by Gasteiger charge is -2.34. The van der Waals surface area contributed by atoms with E-state index in [1.54, 1.807) is 0 Å². The molecule has 2 rings (SSSR count). The van der Waals surface area contributed by atoms with Gasteiger partial charge in [0, 0.05) is 19.1 Å². The van der Waals surface area contributed by atoms with Crippen molar-refractivity contribution in [1.29, 1.82) is 0 Å². The highest BCUT2D eigenvalue weighted by Gasteiger charge is 2.28. The Labute approximate surface area is 103 Å². The first-order chi connectivity index (χ1) is 8.16. The molecule has 2 fully saturated rings. The largest absolute Gasteiger partial charge is 0.446 e. The lowest BCUT2D eigenvalue weighted by molar-refractivity contribution is 0.0510. The fourth-order valence-electron chi connectivity index (χ4n) is 2.83. The van der Waals surface area contributed by atoms with Crippen LogP contribution in [0.25, 0.3) is 0 Å². The molecule has 4 heteroatoms. The van der Waals surface area contributed by atoms with Crippen LogP contribution in [0.3, 0.4) is 0 Å². The van der Waals surface area contributed by atoms with Crippen LogP contribution >= 0.6 is 0 Å². The first-order valence-corrected chi connectivity index (χ1v) is 6.88. The van der Waals surface area contributed by atoms with Gasteiger partial charge in [0.05, 0.1) is 0 Å². The van der Waals surface area contributed by atoms with E-state index in [0.717, 1.165) is 38.8 Å². The second kappa shape index (κ2) is 5.71. The summed E-state index contributed by atoms with van der Waals surface area (Å²) in [5.74, 6) is 0.430. The number of likely N-dealkylation sites (tertiary alicyclic amines) is 1. The zero-order chi connectivity index (χ0) is 12.3. The fourth-order valence-corrected chi connectivity index (χ4v) is 2.83. The minimum absolute atomic E-state index is 0.123. The molecule has 1 heterocycles. The van der Waals surface area contributed by atoms with Crippen molar-refractivity contribution >= 4 is 6.09 Å². The third kappa shape index (κ3) is 3.35. The molecule has 1 amide bonds. The van der Waals surface area contributed by atoms with E-state index in [1.807, 2.05) is 11.8 Å². The third-order valence-corrected chi connectivity index (χ3v) is 4.03.